The smallest absolute Gasteiger partial charge is 0.153 e. The van der Waals surface area contributed by atoms with E-state index in [1.807, 2.05) is 13.1 Å². The molecule has 0 saturated heterocycles. The molecule has 0 aliphatic carbocycles. The lowest BCUT2D eigenvalue weighted by Crippen LogP contribution is -2.22. The third-order valence-electron chi connectivity index (χ3n) is 3.22. The minimum atomic E-state index is 0.456. The quantitative estimate of drug-likeness (QED) is 0.885. The summed E-state index contributed by atoms with van der Waals surface area (Å²) in [5.41, 5.74) is 3.14. The van der Waals surface area contributed by atoms with Crippen LogP contribution in [0.3, 0.4) is 0 Å². The topological polar surface area (TPSA) is 42.7 Å². The third-order valence-corrected chi connectivity index (χ3v) is 3.59. The molecule has 0 spiro atoms. The van der Waals surface area contributed by atoms with Crippen molar-refractivity contribution in [1.29, 1.82) is 0 Å². The maximum Gasteiger partial charge on any atom is 0.153 e. The molecular weight excluding hydrogens is 284 g/mol. The Kier molecular flexibility index (Phi) is 5.37. The Labute approximate surface area is 131 Å². The van der Waals surface area contributed by atoms with Crippen LogP contribution >= 0.6 is 11.6 Å². The van der Waals surface area contributed by atoms with Crippen LogP contribution < -0.4 is 5.32 Å². The Balaban J connectivity index is 2.34. The molecule has 4 nitrogen and oxygen atoms in total. The van der Waals surface area contributed by atoms with Crippen LogP contribution in [-0.2, 0) is 13.0 Å². The lowest BCUT2D eigenvalue weighted by molar-refractivity contribution is 0.587. The Morgan fingerprint density at radius 1 is 1.33 bits per heavy atom. The molecule has 0 fully saturated rings. The highest BCUT2D eigenvalue weighted by Crippen LogP contribution is 2.17. The van der Waals surface area contributed by atoms with Crippen molar-refractivity contribution >= 4 is 11.6 Å². The third kappa shape index (κ3) is 4.29. The van der Waals surface area contributed by atoms with Crippen molar-refractivity contribution in [2.45, 2.75) is 53.1 Å². The fourth-order valence-electron chi connectivity index (χ4n) is 2.12. The molecule has 2 aromatic heterocycles. The molecule has 0 unspecified atom stereocenters. The van der Waals surface area contributed by atoms with E-state index in [9.17, 15) is 0 Å². The van der Waals surface area contributed by atoms with E-state index in [4.69, 9.17) is 11.6 Å². The summed E-state index contributed by atoms with van der Waals surface area (Å²) in [6, 6.07) is 4.69. The Morgan fingerprint density at radius 2 is 2.10 bits per heavy atom. The predicted molar refractivity (Wildman–Crippen MR) is 87.1 cm³/mol. The van der Waals surface area contributed by atoms with Gasteiger partial charge in [0.2, 0.25) is 0 Å². The molecule has 0 atom stereocenters. The largest absolute Gasteiger partial charge is 0.310 e. The molecular formula is C16H23ClN4. The number of hydrogen-bond acceptors (Lipinski definition) is 3. The van der Waals surface area contributed by atoms with Crippen LogP contribution in [-0.4, -0.2) is 20.8 Å². The van der Waals surface area contributed by atoms with Crippen LogP contribution in [0.4, 0.5) is 0 Å². The minimum Gasteiger partial charge on any atom is -0.310 e. The van der Waals surface area contributed by atoms with E-state index in [0.717, 1.165) is 36.6 Å². The van der Waals surface area contributed by atoms with Crippen LogP contribution in [0.25, 0.3) is 5.82 Å². The van der Waals surface area contributed by atoms with E-state index < -0.39 is 0 Å². The van der Waals surface area contributed by atoms with Gasteiger partial charge < -0.3 is 5.32 Å². The first-order valence-corrected chi connectivity index (χ1v) is 7.82. The maximum absolute atomic E-state index is 6.10. The van der Waals surface area contributed by atoms with Crippen molar-refractivity contribution in [3.05, 3.63) is 40.3 Å². The SMILES string of the molecule is CCCc1cc(CNC(C)C)cc(-n2cc(Cl)c(C)n2)n1. The minimum absolute atomic E-state index is 0.456. The first kappa shape index (κ1) is 16.0. The van der Waals surface area contributed by atoms with Gasteiger partial charge in [0.05, 0.1) is 16.9 Å². The van der Waals surface area contributed by atoms with E-state index in [-0.39, 0.29) is 0 Å². The van der Waals surface area contributed by atoms with Gasteiger partial charge in [-0.1, -0.05) is 38.8 Å². The van der Waals surface area contributed by atoms with E-state index in [2.05, 4.69) is 48.3 Å². The highest BCUT2D eigenvalue weighted by atomic mass is 35.5. The average molecular weight is 307 g/mol. The number of aromatic nitrogens is 3. The number of hydrogen-bond donors (Lipinski definition) is 1. The van der Waals surface area contributed by atoms with Crippen molar-refractivity contribution in [1.82, 2.24) is 20.1 Å². The zero-order valence-corrected chi connectivity index (χ0v) is 13.9. The maximum atomic E-state index is 6.10. The van der Waals surface area contributed by atoms with Gasteiger partial charge in [0.1, 0.15) is 0 Å². The number of pyridine rings is 1. The summed E-state index contributed by atoms with van der Waals surface area (Å²) in [5, 5.41) is 8.53. The van der Waals surface area contributed by atoms with Gasteiger partial charge >= 0.3 is 0 Å². The van der Waals surface area contributed by atoms with Crippen molar-refractivity contribution in [3.63, 3.8) is 0 Å². The fourth-order valence-corrected chi connectivity index (χ4v) is 2.25. The van der Waals surface area contributed by atoms with Crippen LogP contribution in [0.1, 0.15) is 44.1 Å². The van der Waals surface area contributed by atoms with E-state index in [1.54, 1.807) is 4.68 Å². The number of halogens is 1. The Bertz CT molecular complexity index is 585. The molecule has 2 aromatic rings. The van der Waals surface area contributed by atoms with Gasteiger partial charge in [0, 0.05) is 18.3 Å². The molecule has 0 amide bonds. The second-order valence-corrected chi connectivity index (χ2v) is 6.02. The second-order valence-electron chi connectivity index (χ2n) is 5.62. The van der Waals surface area contributed by atoms with Crippen molar-refractivity contribution in [3.8, 4) is 5.82 Å². The average Bonchev–Trinajstić information content (AvgIpc) is 2.77. The molecule has 0 bridgehead atoms. The van der Waals surface area contributed by atoms with Gasteiger partial charge in [0.25, 0.3) is 0 Å². The standard InChI is InChI=1S/C16H23ClN4/c1-5-6-14-7-13(9-18-11(2)3)8-16(19-14)21-10-15(17)12(4)20-21/h7-8,10-11,18H,5-6,9H2,1-4H3. The summed E-state index contributed by atoms with van der Waals surface area (Å²) in [6.45, 7) is 9.18. The predicted octanol–water partition coefficient (Wildman–Crippen LogP) is 3.68. The zero-order valence-electron chi connectivity index (χ0n) is 13.2. The molecule has 0 aromatic carbocycles. The summed E-state index contributed by atoms with van der Waals surface area (Å²) in [5.74, 6) is 0.830. The summed E-state index contributed by atoms with van der Waals surface area (Å²) < 4.78 is 1.76. The fraction of sp³-hybridized carbons (Fsp3) is 0.500. The van der Waals surface area contributed by atoms with Crippen LogP contribution in [0.15, 0.2) is 18.3 Å². The zero-order chi connectivity index (χ0) is 15.4. The monoisotopic (exact) mass is 306 g/mol. The molecule has 114 valence electrons. The first-order valence-electron chi connectivity index (χ1n) is 7.45. The molecule has 0 radical (unpaired) electrons. The lowest BCUT2D eigenvalue weighted by atomic mass is 10.1. The van der Waals surface area contributed by atoms with Gasteiger partial charge in [-0.3, -0.25) is 0 Å². The van der Waals surface area contributed by atoms with E-state index in [0.29, 0.717) is 11.1 Å². The normalized spacial score (nSPS) is 11.3. The Morgan fingerprint density at radius 3 is 2.67 bits per heavy atom. The van der Waals surface area contributed by atoms with Crippen molar-refractivity contribution in [2.75, 3.05) is 0 Å². The van der Waals surface area contributed by atoms with Crippen LogP contribution in [0, 0.1) is 6.92 Å². The van der Waals surface area contributed by atoms with Crippen molar-refractivity contribution in [2.24, 2.45) is 0 Å². The summed E-state index contributed by atoms with van der Waals surface area (Å²) in [4.78, 5) is 4.69. The highest BCUT2D eigenvalue weighted by molar-refractivity contribution is 6.31. The molecule has 0 aliphatic heterocycles. The van der Waals surface area contributed by atoms with Gasteiger partial charge in [-0.15, -0.1) is 0 Å². The van der Waals surface area contributed by atoms with Gasteiger partial charge in [-0.25, -0.2) is 9.67 Å². The number of nitrogens with zero attached hydrogens (tertiary/aromatic N) is 3. The first-order chi connectivity index (χ1) is 9.99. The Hall–Kier alpha value is -1.39. The second kappa shape index (κ2) is 7.05. The molecule has 0 saturated carbocycles. The van der Waals surface area contributed by atoms with Gasteiger partial charge in [-0.05, 0) is 31.0 Å². The molecule has 0 aliphatic rings. The molecule has 5 heteroatoms. The number of rotatable bonds is 6. The van der Waals surface area contributed by atoms with E-state index >= 15 is 0 Å². The lowest BCUT2D eigenvalue weighted by Gasteiger charge is -2.11. The molecule has 1 N–H and O–H groups in total. The van der Waals surface area contributed by atoms with Crippen molar-refractivity contribution < 1.29 is 0 Å². The van der Waals surface area contributed by atoms with Crippen LogP contribution in [0.2, 0.25) is 5.02 Å². The van der Waals surface area contributed by atoms with Gasteiger partial charge in [-0.2, -0.15) is 5.10 Å². The summed E-state index contributed by atoms with van der Waals surface area (Å²) in [7, 11) is 0. The summed E-state index contributed by atoms with van der Waals surface area (Å²) in [6.07, 6.45) is 3.86. The molecule has 2 heterocycles. The van der Waals surface area contributed by atoms with Gasteiger partial charge in [0.15, 0.2) is 5.82 Å². The summed E-state index contributed by atoms with van der Waals surface area (Å²) >= 11 is 6.10. The van der Waals surface area contributed by atoms with E-state index in [1.165, 1.54) is 5.56 Å². The molecule has 21 heavy (non-hydrogen) atoms. The highest BCUT2D eigenvalue weighted by Gasteiger charge is 2.08. The molecule has 2 rings (SSSR count). The number of nitrogens with one attached hydrogen (secondary N) is 1. The number of aryl methyl sites for hydroxylation is 2. The van der Waals surface area contributed by atoms with Crippen LogP contribution in [0.5, 0.6) is 0 Å².